The average molecular weight is 212 g/mol. The summed E-state index contributed by atoms with van der Waals surface area (Å²) >= 11 is 0. The van der Waals surface area contributed by atoms with Gasteiger partial charge in [-0.1, -0.05) is 6.92 Å². The van der Waals surface area contributed by atoms with Crippen LogP contribution in [0.3, 0.4) is 0 Å². The van der Waals surface area contributed by atoms with Crippen LogP contribution >= 0.6 is 0 Å². The van der Waals surface area contributed by atoms with Crippen LogP contribution in [0.5, 0.6) is 0 Å². The molecule has 1 N–H and O–H groups in total. The zero-order valence-electron chi connectivity index (χ0n) is 10.9. The maximum Gasteiger partial charge on any atom is 0.00921 e. The summed E-state index contributed by atoms with van der Waals surface area (Å²) in [5.41, 5.74) is 0. The van der Waals surface area contributed by atoms with E-state index in [1.807, 2.05) is 0 Å². The maximum absolute atomic E-state index is 3.37. The van der Waals surface area contributed by atoms with Crippen LogP contribution in [0.4, 0.5) is 0 Å². The summed E-state index contributed by atoms with van der Waals surface area (Å²) in [4.78, 5) is 2.54. The Hall–Kier alpha value is -0.0800. The molecule has 1 saturated carbocycles. The van der Waals surface area contributed by atoms with Crippen molar-refractivity contribution < 1.29 is 0 Å². The van der Waals surface area contributed by atoms with Gasteiger partial charge >= 0.3 is 0 Å². The fraction of sp³-hybridized carbons (Fsp3) is 1.00. The Bertz CT molecular complexity index is 162. The molecule has 0 amide bonds. The SMILES string of the molecule is CCC(CCCN(C)C(C)C1CC1)NC. The summed E-state index contributed by atoms with van der Waals surface area (Å²) in [7, 11) is 4.36. The molecule has 1 aliphatic rings. The van der Waals surface area contributed by atoms with Crippen molar-refractivity contribution in [3.63, 3.8) is 0 Å². The van der Waals surface area contributed by atoms with Crippen LogP contribution in [0.25, 0.3) is 0 Å². The van der Waals surface area contributed by atoms with Crippen molar-refractivity contribution in [2.75, 3.05) is 20.6 Å². The van der Waals surface area contributed by atoms with Crippen LogP contribution < -0.4 is 5.32 Å². The number of rotatable bonds is 8. The summed E-state index contributed by atoms with van der Waals surface area (Å²) < 4.78 is 0. The van der Waals surface area contributed by atoms with E-state index in [1.165, 1.54) is 38.6 Å². The molecular weight excluding hydrogens is 184 g/mol. The molecule has 0 aromatic carbocycles. The van der Waals surface area contributed by atoms with E-state index in [2.05, 4.69) is 38.2 Å². The molecule has 90 valence electrons. The van der Waals surface area contributed by atoms with E-state index in [0.29, 0.717) is 0 Å². The lowest BCUT2D eigenvalue weighted by Gasteiger charge is -2.25. The molecule has 0 aliphatic heterocycles. The first kappa shape index (κ1) is 13.0. The smallest absolute Gasteiger partial charge is 0.00921 e. The monoisotopic (exact) mass is 212 g/mol. The van der Waals surface area contributed by atoms with E-state index in [0.717, 1.165) is 18.0 Å². The minimum atomic E-state index is 0.717. The van der Waals surface area contributed by atoms with Gasteiger partial charge in [-0.3, -0.25) is 0 Å². The molecule has 1 aliphatic carbocycles. The van der Waals surface area contributed by atoms with Gasteiger partial charge in [0.1, 0.15) is 0 Å². The molecule has 0 aromatic rings. The molecule has 2 heteroatoms. The second-order valence-electron chi connectivity index (χ2n) is 5.09. The van der Waals surface area contributed by atoms with Crippen molar-refractivity contribution in [1.29, 1.82) is 0 Å². The molecular formula is C13H28N2. The van der Waals surface area contributed by atoms with Gasteiger partial charge in [0.05, 0.1) is 0 Å². The topological polar surface area (TPSA) is 15.3 Å². The van der Waals surface area contributed by atoms with Gasteiger partial charge in [0.25, 0.3) is 0 Å². The summed E-state index contributed by atoms with van der Waals surface area (Å²) in [6.07, 6.45) is 6.80. The maximum atomic E-state index is 3.37. The molecule has 0 heterocycles. The highest BCUT2D eigenvalue weighted by molar-refractivity contribution is 4.84. The summed E-state index contributed by atoms with van der Waals surface area (Å²) in [5.74, 6) is 1.00. The second kappa shape index (κ2) is 6.49. The fourth-order valence-electron chi connectivity index (χ4n) is 2.28. The molecule has 0 radical (unpaired) electrons. The molecule has 0 bridgehead atoms. The minimum Gasteiger partial charge on any atom is -0.317 e. The van der Waals surface area contributed by atoms with Crippen molar-refractivity contribution in [3.05, 3.63) is 0 Å². The lowest BCUT2D eigenvalue weighted by Crippen LogP contribution is -2.33. The van der Waals surface area contributed by atoms with Crippen LogP contribution in [-0.2, 0) is 0 Å². The van der Waals surface area contributed by atoms with Gasteiger partial charge in [-0.25, -0.2) is 0 Å². The van der Waals surface area contributed by atoms with Gasteiger partial charge in [0.15, 0.2) is 0 Å². The van der Waals surface area contributed by atoms with Crippen LogP contribution in [0.15, 0.2) is 0 Å². The fourth-order valence-corrected chi connectivity index (χ4v) is 2.28. The molecule has 1 rings (SSSR count). The standard InChI is InChI=1S/C13H28N2/c1-5-13(14-3)7-6-10-15(4)11(2)12-8-9-12/h11-14H,5-10H2,1-4H3. The Morgan fingerprint density at radius 1 is 1.40 bits per heavy atom. The van der Waals surface area contributed by atoms with E-state index >= 15 is 0 Å². The first-order valence-electron chi connectivity index (χ1n) is 6.56. The van der Waals surface area contributed by atoms with Crippen molar-refractivity contribution in [1.82, 2.24) is 10.2 Å². The van der Waals surface area contributed by atoms with E-state index in [1.54, 1.807) is 0 Å². The third-order valence-electron chi connectivity index (χ3n) is 3.96. The Kier molecular flexibility index (Phi) is 5.62. The second-order valence-corrected chi connectivity index (χ2v) is 5.09. The lowest BCUT2D eigenvalue weighted by molar-refractivity contribution is 0.227. The molecule has 15 heavy (non-hydrogen) atoms. The first-order valence-corrected chi connectivity index (χ1v) is 6.56. The number of nitrogens with one attached hydrogen (secondary N) is 1. The largest absolute Gasteiger partial charge is 0.317 e. The summed E-state index contributed by atoms with van der Waals surface area (Å²) in [5, 5.41) is 3.37. The molecule has 0 spiro atoms. The van der Waals surface area contributed by atoms with Crippen LogP contribution in [0.1, 0.15) is 46.0 Å². The number of hydrogen-bond acceptors (Lipinski definition) is 2. The minimum absolute atomic E-state index is 0.717. The highest BCUT2D eigenvalue weighted by Gasteiger charge is 2.29. The third kappa shape index (κ3) is 4.52. The van der Waals surface area contributed by atoms with Gasteiger partial charge in [0, 0.05) is 12.1 Å². The molecule has 2 nitrogen and oxygen atoms in total. The Morgan fingerprint density at radius 2 is 2.07 bits per heavy atom. The van der Waals surface area contributed by atoms with Crippen molar-refractivity contribution >= 4 is 0 Å². The van der Waals surface area contributed by atoms with Crippen LogP contribution in [0, 0.1) is 5.92 Å². The van der Waals surface area contributed by atoms with E-state index in [9.17, 15) is 0 Å². The van der Waals surface area contributed by atoms with Crippen molar-refractivity contribution in [3.8, 4) is 0 Å². The van der Waals surface area contributed by atoms with Crippen molar-refractivity contribution in [2.24, 2.45) is 5.92 Å². The van der Waals surface area contributed by atoms with Gasteiger partial charge in [0.2, 0.25) is 0 Å². The van der Waals surface area contributed by atoms with E-state index in [4.69, 9.17) is 0 Å². The van der Waals surface area contributed by atoms with Crippen LogP contribution in [0.2, 0.25) is 0 Å². The predicted octanol–water partition coefficient (Wildman–Crippen LogP) is 2.49. The molecule has 2 atom stereocenters. The zero-order chi connectivity index (χ0) is 11.3. The summed E-state index contributed by atoms with van der Waals surface area (Å²) in [6, 6.07) is 1.52. The zero-order valence-corrected chi connectivity index (χ0v) is 10.9. The van der Waals surface area contributed by atoms with Gasteiger partial charge in [-0.2, -0.15) is 0 Å². The van der Waals surface area contributed by atoms with Gasteiger partial charge < -0.3 is 10.2 Å². The Balaban J connectivity index is 2.07. The van der Waals surface area contributed by atoms with Crippen LogP contribution in [-0.4, -0.2) is 37.6 Å². The molecule has 0 aromatic heterocycles. The predicted molar refractivity (Wildman–Crippen MR) is 67.2 cm³/mol. The Labute approximate surface area is 95.4 Å². The van der Waals surface area contributed by atoms with Gasteiger partial charge in [-0.05, 0) is 65.6 Å². The van der Waals surface area contributed by atoms with Crippen molar-refractivity contribution in [2.45, 2.75) is 58.0 Å². The Morgan fingerprint density at radius 3 is 2.53 bits per heavy atom. The highest BCUT2D eigenvalue weighted by atomic mass is 15.1. The normalized spacial score (nSPS) is 20.6. The molecule has 1 fully saturated rings. The molecule has 0 saturated heterocycles. The number of nitrogens with zero attached hydrogens (tertiary/aromatic N) is 1. The quantitative estimate of drug-likeness (QED) is 0.665. The lowest BCUT2D eigenvalue weighted by atomic mass is 10.1. The van der Waals surface area contributed by atoms with Gasteiger partial charge in [-0.15, -0.1) is 0 Å². The average Bonchev–Trinajstić information content (AvgIpc) is 3.06. The highest BCUT2D eigenvalue weighted by Crippen LogP contribution is 2.34. The number of hydrogen-bond donors (Lipinski definition) is 1. The van der Waals surface area contributed by atoms with E-state index < -0.39 is 0 Å². The third-order valence-corrected chi connectivity index (χ3v) is 3.96. The van der Waals surface area contributed by atoms with E-state index in [-0.39, 0.29) is 0 Å². The molecule has 2 unspecified atom stereocenters. The summed E-state index contributed by atoms with van der Waals surface area (Å²) in [6.45, 7) is 5.90. The first-order chi connectivity index (χ1) is 7.19.